The van der Waals surface area contributed by atoms with Gasteiger partial charge in [-0.05, 0) is 49.1 Å². The van der Waals surface area contributed by atoms with E-state index >= 15 is 0 Å². The molecule has 0 unspecified atom stereocenters. The third-order valence-corrected chi connectivity index (χ3v) is 6.39. The van der Waals surface area contributed by atoms with Crippen molar-refractivity contribution >= 4 is 11.6 Å². The quantitative estimate of drug-likeness (QED) is 0.786. The van der Waals surface area contributed by atoms with Gasteiger partial charge in [-0.15, -0.1) is 0 Å². The van der Waals surface area contributed by atoms with Gasteiger partial charge in [-0.25, -0.2) is 4.39 Å². The predicted molar refractivity (Wildman–Crippen MR) is 111 cm³/mol. The highest BCUT2D eigenvalue weighted by Crippen LogP contribution is 2.43. The molecular weight excluding hydrogens is 365 g/mol. The summed E-state index contributed by atoms with van der Waals surface area (Å²) in [5.41, 5.74) is 1.82. The van der Waals surface area contributed by atoms with Crippen molar-refractivity contribution in [2.75, 3.05) is 31.1 Å². The molecule has 0 aromatic heterocycles. The summed E-state index contributed by atoms with van der Waals surface area (Å²) in [4.78, 5) is 17.9. The molecule has 5 heteroatoms. The molecule has 1 amide bonds. The van der Waals surface area contributed by atoms with E-state index in [9.17, 15) is 14.4 Å². The van der Waals surface area contributed by atoms with Crippen molar-refractivity contribution in [3.05, 3.63) is 65.5 Å². The Hall–Kier alpha value is -2.87. The molecule has 4 nitrogen and oxygen atoms in total. The smallest absolute Gasteiger partial charge is 0.233 e. The minimum Gasteiger partial charge on any atom is -0.369 e. The predicted octanol–water partition coefficient (Wildman–Crippen LogP) is 4.25. The molecule has 0 radical (unpaired) electrons. The summed E-state index contributed by atoms with van der Waals surface area (Å²) in [6.45, 7) is 2.83. The molecule has 0 N–H and O–H groups in total. The Kier molecular flexibility index (Phi) is 5.53. The molecule has 4 rings (SSSR count). The molecular formula is C24H26FN3O. The number of carbonyl (C=O) groups excluding carboxylic acids is 1. The van der Waals surface area contributed by atoms with E-state index in [0.717, 1.165) is 49.9 Å². The number of carbonyl (C=O) groups is 1. The summed E-state index contributed by atoms with van der Waals surface area (Å²) in [7, 11) is 0. The maximum atomic E-state index is 13.9. The SMILES string of the molecule is N#Cc1ccccc1N1CCCN(C(=O)C2(c3cccc(F)c3)CCCC2)CC1. The number of amides is 1. The molecule has 1 aliphatic heterocycles. The van der Waals surface area contributed by atoms with Gasteiger partial charge in [-0.1, -0.05) is 37.1 Å². The first kappa shape index (κ1) is 19.4. The first-order valence-electron chi connectivity index (χ1n) is 10.4. The van der Waals surface area contributed by atoms with Crippen LogP contribution in [0.25, 0.3) is 0 Å². The number of halogens is 1. The van der Waals surface area contributed by atoms with E-state index in [1.54, 1.807) is 6.07 Å². The first-order chi connectivity index (χ1) is 14.1. The van der Waals surface area contributed by atoms with E-state index in [1.807, 2.05) is 35.2 Å². The number of rotatable bonds is 3. The van der Waals surface area contributed by atoms with E-state index < -0.39 is 5.41 Å². The number of para-hydroxylation sites is 1. The molecule has 0 bridgehead atoms. The Balaban J connectivity index is 1.55. The molecule has 0 spiro atoms. The fourth-order valence-corrected chi connectivity index (χ4v) is 4.90. The van der Waals surface area contributed by atoms with Crippen LogP contribution in [0.3, 0.4) is 0 Å². The Labute approximate surface area is 171 Å². The van der Waals surface area contributed by atoms with Gasteiger partial charge in [0, 0.05) is 26.2 Å². The van der Waals surface area contributed by atoms with Crippen molar-refractivity contribution in [3.8, 4) is 6.07 Å². The zero-order chi connectivity index (χ0) is 20.3. The molecule has 0 atom stereocenters. The maximum absolute atomic E-state index is 13.9. The number of nitriles is 1. The molecule has 1 saturated carbocycles. The minimum atomic E-state index is -0.595. The lowest BCUT2D eigenvalue weighted by Gasteiger charge is -2.34. The molecule has 150 valence electrons. The van der Waals surface area contributed by atoms with Crippen LogP contribution in [0.15, 0.2) is 48.5 Å². The van der Waals surface area contributed by atoms with Crippen molar-refractivity contribution in [2.24, 2.45) is 0 Å². The zero-order valence-electron chi connectivity index (χ0n) is 16.6. The van der Waals surface area contributed by atoms with Gasteiger partial charge in [0.1, 0.15) is 11.9 Å². The van der Waals surface area contributed by atoms with E-state index in [2.05, 4.69) is 11.0 Å². The highest BCUT2D eigenvalue weighted by Gasteiger charge is 2.45. The summed E-state index contributed by atoms with van der Waals surface area (Å²) >= 11 is 0. The van der Waals surface area contributed by atoms with Gasteiger partial charge in [0.25, 0.3) is 0 Å². The fourth-order valence-electron chi connectivity index (χ4n) is 4.90. The molecule has 29 heavy (non-hydrogen) atoms. The fraction of sp³-hybridized carbons (Fsp3) is 0.417. The number of benzene rings is 2. The van der Waals surface area contributed by atoms with Gasteiger partial charge < -0.3 is 9.80 Å². The summed E-state index contributed by atoms with van der Waals surface area (Å²) in [5.74, 6) is -0.146. The van der Waals surface area contributed by atoms with Crippen molar-refractivity contribution in [1.29, 1.82) is 5.26 Å². The van der Waals surface area contributed by atoms with Crippen LogP contribution < -0.4 is 4.90 Å². The van der Waals surface area contributed by atoms with Crippen LogP contribution >= 0.6 is 0 Å². The Morgan fingerprint density at radius 1 is 0.966 bits per heavy atom. The Morgan fingerprint density at radius 2 is 1.76 bits per heavy atom. The summed E-state index contributed by atoms with van der Waals surface area (Å²) in [5, 5.41) is 9.41. The van der Waals surface area contributed by atoms with Crippen LogP contribution in [0.4, 0.5) is 10.1 Å². The number of hydrogen-bond donors (Lipinski definition) is 0. The van der Waals surface area contributed by atoms with Gasteiger partial charge >= 0.3 is 0 Å². The van der Waals surface area contributed by atoms with E-state index in [-0.39, 0.29) is 11.7 Å². The standard InChI is InChI=1S/C24H26FN3O/c25-21-9-5-8-20(17-21)24(11-3-4-12-24)23(29)28-14-6-13-27(15-16-28)22-10-2-1-7-19(22)18-26/h1-2,5,7-10,17H,3-4,6,11-16H2. The van der Waals surface area contributed by atoms with E-state index in [4.69, 9.17) is 0 Å². The molecule has 2 aromatic rings. The lowest BCUT2D eigenvalue weighted by molar-refractivity contribution is -0.137. The molecule has 1 saturated heterocycles. The second kappa shape index (κ2) is 8.24. The van der Waals surface area contributed by atoms with Gasteiger partial charge in [0.2, 0.25) is 5.91 Å². The average molecular weight is 391 g/mol. The molecule has 1 heterocycles. The lowest BCUT2D eigenvalue weighted by atomic mass is 9.77. The van der Waals surface area contributed by atoms with E-state index in [0.29, 0.717) is 25.2 Å². The van der Waals surface area contributed by atoms with Crippen molar-refractivity contribution in [1.82, 2.24) is 4.90 Å². The maximum Gasteiger partial charge on any atom is 0.233 e. The van der Waals surface area contributed by atoms with Crippen molar-refractivity contribution in [2.45, 2.75) is 37.5 Å². The van der Waals surface area contributed by atoms with Gasteiger partial charge in [0.15, 0.2) is 0 Å². The summed E-state index contributed by atoms with van der Waals surface area (Å²) in [6, 6.07) is 16.5. The van der Waals surface area contributed by atoms with Crippen LogP contribution in [0.1, 0.15) is 43.2 Å². The van der Waals surface area contributed by atoms with Crippen LogP contribution in [-0.2, 0) is 10.2 Å². The normalized spacial score (nSPS) is 18.9. The zero-order valence-corrected chi connectivity index (χ0v) is 16.6. The second-order valence-corrected chi connectivity index (χ2v) is 8.06. The largest absolute Gasteiger partial charge is 0.369 e. The summed E-state index contributed by atoms with van der Waals surface area (Å²) < 4.78 is 13.9. The first-order valence-corrected chi connectivity index (χ1v) is 10.4. The number of nitrogens with zero attached hydrogens (tertiary/aromatic N) is 3. The molecule has 1 aliphatic carbocycles. The number of anilines is 1. The van der Waals surface area contributed by atoms with Crippen LogP contribution in [0.5, 0.6) is 0 Å². The highest BCUT2D eigenvalue weighted by atomic mass is 19.1. The third kappa shape index (κ3) is 3.72. The Morgan fingerprint density at radius 3 is 2.52 bits per heavy atom. The van der Waals surface area contributed by atoms with Crippen LogP contribution in [-0.4, -0.2) is 37.0 Å². The molecule has 2 fully saturated rings. The summed E-state index contributed by atoms with van der Waals surface area (Å²) in [6.07, 6.45) is 4.42. The second-order valence-electron chi connectivity index (χ2n) is 8.06. The van der Waals surface area contributed by atoms with Gasteiger partial charge in [-0.2, -0.15) is 5.26 Å². The third-order valence-electron chi connectivity index (χ3n) is 6.39. The monoisotopic (exact) mass is 391 g/mol. The van der Waals surface area contributed by atoms with Crippen LogP contribution in [0.2, 0.25) is 0 Å². The van der Waals surface area contributed by atoms with Crippen LogP contribution in [0, 0.1) is 17.1 Å². The molecule has 2 aromatic carbocycles. The van der Waals surface area contributed by atoms with Gasteiger partial charge in [0.05, 0.1) is 16.7 Å². The Bertz CT molecular complexity index is 930. The number of hydrogen-bond acceptors (Lipinski definition) is 3. The molecule has 2 aliphatic rings. The lowest BCUT2D eigenvalue weighted by Crippen LogP contribution is -2.47. The van der Waals surface area contributed by atoms with Gasteiger partial charge in [-0.3, -0.25) is 4.79 Å². The highest BCUT2D eigenvalue weighted by molar-refractivity contribution is 5.88. The average Bonchev–Trinajstić information content (AvgIpc) is 3.13. The minimum absolute atomic E-state index is 0.135. The van der Waals surface area contributed by atoms with Crippen molar-refractivity contribution in [3.63, 3.8) is 0 Å². The topological polar surface area (TPSA) is 47.3 Å². The van der Waals surface area contributed by atoms with E-state index in [1.165, 1.54) is 12.1 Å². The van der Waals surface area contributed by atoms with Crippen molar-refractivity contribution < 1.29 is 9.18 Å².